The second-order valence-corrected chi connectivity index (χ2v) is 5.50. The van der Waals surface area contributed by atoms with Gasteiger partial charge >= 0.3 is 0 Å². The standard InChI is InChI=1S/C15H19N5O2/c1-11(2)20-13(3-4-18-20)15(21)19-7-8-22-14(10-19)12-9-16-5-6-17-12/h3-6,9,11,14H,7-8,10H2,1-2H3. The molecule has 0 aliphatic carbocycles. The number of morpholine rings is 1. The third-order valence-corrected chi connectivity index (χ3v) is 3.65. The Morgan fingerprint density at radius 3 is 2.95 bits per heavy atom. The summed E-state index contributed by atoms with van der Waals surface area (Å²) in [6.45, 7) is 5.54. The second kappa shape index (κ2) is 6.23. The van der Waals surface area contributed by atoms with Gasteiger partial charge in [-0.15, -0.1) is 0 Å². The Hall–Kier alpha value is -2.28. The first-order valence-electron chi connectivity index (χ1n) is 7.37. The van der Waals surface area contributed by atoms with E-state index in [4.69, 9.17) is 4.74 Å². The Balaban J connectivity index is 1.77. The number of carbonyl (C=O) groups is 1. The zero-order chi connectivity index (χ0) is 15.5. The zero-order valence-electron chi connectivity index (χ0n) is 12.7. The molecule has 0 spiro atoms. The molecule has 1 unspecified atom stereocenters. The summed E-state index contributed by atoms with van der Waals surface area (Å²) in [5, 5.41) is 4.22. The summed E-state index contributed by atoms with van der Waals surface area (Å²) < 4.78 is 7.47. The van der Waals surface area contributed by atoms with Crippen LogP contribution in [0.4, 0.5) is 0 Å². The SMILES string of the molecule is CC(C)n1nccc1C(=O)N1CCOC(c2cnccn2)C1. The Morgan fingerprint density at radius 2 is 2.23 bits per heavy atom. The van der Waals surface area contributed by atoms with Gasteiger partial charge in [0.05, 0.1) is 25.0 Å². The maximum Gasteiger partial charge on any atom is 0.272 e. The van der Waals surface area contributed by atoms with Crippen molar-refractivity contribution in [1.29, 1.82) is 0 Å². The second-order valence-electron chi connectivity index (χ2n) is 5.50. The molecule has 1 atom stereocenters. The minimum absolute atomic E-state index is 0.0246. The molecule has 3 rings (SSSR count). The van der Waals surface area contributed by atoms with E-state index in [-0.39, 0.29) is 18.1 Å². The minimum atomic E-state index is -0.234. The minimum Gasteiger partial charge on any atom is -0.368 e. The van der Waals surface area contributed by atoms with Crippen LogP contribution in [-0.2, 0) is 4.74 Å². The van der Waals surface area contributed by atoms with Crippen LogP contribution >= 0.6 is 0 Å². The summed E-state index contributed by atoms with van der Waals surface area (Å²) >= 11 is 0. The average molecular weight is 301 g/mol. The molecule has 2 aromatic heterocycles. The van der Waals surface area contributed by atoms with Crippen molar-refractivity contribution in [1.82, 2.24) is 24.6 Å². The average Bonchev–Trinajstić information content (AvgIpc) is 3.05. The molecule has 1 aliphatic rings. The normalized spacial score (nSPS) is 18.7. The molecule has 0 saturated carbocycles. The van der Waals surface area contributed by atoms with Gasteiger partial charge in [-0.3, -0.25) is 19.4 Å². The zero-order valence-corrected chi connectivity index (χ0v) is 12.7. The number of hydrogen-bond donors (Lipinski definition) is 0. The van der Waals surface area contributed by atoms with Crippen molar-refractivity contribution in [2.45, 2.75) is 26.0 Å². The predicted molar refractivity (Wildman–Crippen MR) is 79.2 cm³/mol. The van der Waals surface area contributed by atoms with E-state index in [1.807, 2.05) is 13.8 Å². The van der Waals surface area contributed by atoms with Crippen LogP contribution in [0.2, 0.25) is 0 Å². The summed E-state index contributed by atoms with van der Waals surface area (Å²) in [6.07, 6.45) is 6.36. The van der Waals surface area contributed by atoms with Crippen LogP contribution < -0.4 is 0 Å². The van der Waals surface area contributed by atoms with Gasteiger partial charge in [0.25, 0.3) is 5.91 Å². The number of rotatable bonds is 3. The Morgan fingerprint density at radius 1 is 1.36 bits per heavy atom. The number of carbonyl (C=O) groups excluding carboxylic acids is 1. The molecule has 1 aliphatic heterocycles. The van der Waals surface area contributed by atoms with Crippen LogP contribution in [0.1, 0.15) is 42.2 Å². The monoisotopic (exact) mass is 301 g/mol. The molecular weight excluding hydrogens is 282 g/mol. The van der Waals surface area contributed by atoms with Crippen molar-refractivity contribution >= 4 is 5.91 Å². The van der Waals surface area contributed by atoms with Gasteiger partial charge in [0.2, 0.25) is 0 Å². The van der Waals surface area contributed by atoms with E-state index in [9.17, 15) is 4.79 Å². The van der Waals surface area contributed by atoms with Crippen molar-refractivity contribution in [2.24, 2.45) is 0 Å². The van der Waals surface area contributed by atoms with Crippen molar-refractivity contribution in [3.63, 3.8) is 0 Å². The van der Waals surface area contributed by atoms with Crippen molar-refractivity contribution in [3.05, 3.63) is 42.2 Å². The highest BCUT2D eigenvalue weighted by Crippen LogP contribution is 2.21. The number of hydrogen-bond acceptors (Lipinski definition) is 5. The summed E-state index contributed by atoms with van der Waals surface area (Å²) in [4.78, 5) is 22.8. The van der Waals surface area contributed by atoms with Crippen molar-refractivity contribution < 1.29 is 9.53 Å². The first-order valence-corrected chi connectivity index (χ1v) is 7.37. The number of aromatic nitrogens is 4. The fourth-order valence-corrected chi connectivity index (χ4v) is 2.55. The van der Waals surface area contributed by atoms with E-state index in [2.05, 4.69) is 15.1 Å². The van der Waals surface area contributed by atoms with E-state index < -0.39 is 0 Å². The number of amides is 1. The van der Waals surface area contributed by atoms with E-state index in [0.717, 1.165) is 5.69 Å². The van der Waals surface area contributed by atoms with Crippen LogP contribution in [0, 0.1) is 0 Å². The molecule has 22 heavy (non-hydrogen) atoms. The van der Waals surface area contributed by atoms with Gasteiger partial charge in [0.1, 0.15) is 11.8 Å². The third-order valence-electron chi connectivity index (χ3n) is 3.65. The molecule has 7 heteroatoms. The number of ether oxygens (including phenoxy) is 1. The topological polar surface area (TPSA) is 73.1 Å². The van der Waals surface area contributed by atoms with Crippen molar-refractivity contribution in [3.8, 4) is 0 Å². The molecule has 2 aromatic rings. The largest absolute Gasteiger partial charge is 0.368 e. The highest BCUT2D eigenvalue weighted by Gasteiger charge is 2.28. The lowest BCUT2D eigenvalue weighted by atomic mass is 10.2. The third kappa shape index (κ3) is 2.85. The first kappa shape index (κ1) is 14.6. The summed E-state index contributed by atoms with van der Waals surface area (Å²) in [5.41, 5.74) is 1.35. The summed E-state index contributed by atoms with van der Waals surface area (Å²) in [7, 11) is 0. The molecule has 7 nitrogen and oxygen atoms in total. The molecule has 0 N–H and O–H groups in total. The Labute approximate surface area is 128 Å². The van der Waals surface area contributed by atoms with Gasteiger partial charge in [-0.05, 0) is 19.9 Å². The van der Waals surface area contributed by atoms with Crippen LogP contribution in [0.3, 0.4) is 0 Å². The summed E-state index contributed by atoms with van der Waals surface area (Å²) in [6, 6.07) is 1.90. The van der Waals surface area contributed by atoms with Crippen LogP contribution in [-0.4, -0.2) is 50.3 Å². The van der Waals surface area contributed by atoms with Gasteiger partial charge < -0.3 is 9.64 Å². The molecule has 116 valence electrons. The van der Waals surface area contributed by atoms with Gasteiger partial charge in [0.15, 0.2) is 0 Å². The number of nitrogens with zero attached hydrogens (tertiary/aromatic N) is 5. The maximum atomic E-state index is 12.7. The molecule has 1 saturated heterocycles. The van der Waals surface area contributed by atoms with Crippen LogP contribution in [0.25, 0.3) is 0 Å². The van der Waals surface area contributed by atoms with Gasteiger partial charge in [-0.1, -0.05) is 0 Å². The molecule has 3 heterocycles. The molecule has 1 fully saturated rings. The lowest BCUT2D eigenvalue weighted by Crippen LogP contribution is -2.43. The highest BCUT2D eigenvalue weighted by molar-refractivity contribution is 5.92. The van der Waals surface area contributed by atoms with Crippen LogP contribution in [0.15, 0.2) is 30.9 Å². The lowest BCUT2D eigenvalue weighted by Gasteiger charge is -2.32. The molecular formula is C15H19N5O2. The van der Waals surface area contributed by atoms with Gasteiger partial charge in [0, 0.05) is 31.2 Å². The van der Waals surface area contributed by atoms with Gasteiger partial charge in [-0.25, -0.2) is 0 Å². The maximum absolute atomic E-state index is 12.7. The van der Waals surface area contributed by atoms with Crippen LogP contribution in [0.5, 0.6) is 0 Å². The first-order chi connectivity index (χ1) is 10.7. The lowest BCUT2D eigenvalue weighted by molar-refractivity contribution is -0.0253. The fourth-order valence-electron chi connectivity index (χ4n) is 2.55. The predicted octanol–water partition coefficient (Wildman–Crippen LogP) is 1.47. The van der Waals surface area contributed by atoms with Gasteiger partial charge in [-0.2, -0.15) is 5.10 Å². The van der Waals surface area contributed by atoms with E-state index >= 15 is 0 Å². The summed E-state index contributed by atoms with van der Waals surface area (Å²) in [5.74, 6) is -0.0246. The smallest absolute Gasteiger partial charge is 0.272 e. The van der Waals surface area contributed by atoms with Crippen molar-refractivity contribution in [2.75, 3.05) is 19.7 Å². The Kier molecular flexibility index (Phi) is 4.15. The Bertz CT molecular complexity index is 640. The van der Waals surface area contributed by atoms with E-state index in [0.29, 0.717) is 25.4 Å². The quantitative estimate of drug-likeness (QED) is 0.858. The fraction of sp³-hybridized carbons (Fsp3) is 0.467. The molecule has 0 bridgehead atoms. The molecule has 0 radical (unpaired) electrons. The van der Waals surface area contributed by atoms with E-state index in [1.165, 1.54) is 0 Å². The highest BCUT2D eigenvalue weighted by atomic mass is 16.5. The molecule has 0 aromatic carbocycles. The van der Waals surface area contributed by atoms with E-state index in [1.54, 1.807) is 40.4 Å². The molecule has 1 amide bonds.